The van der Waals surface area contributed by atoms with E-state index in [1.54, 1.807) is 11.8 Å². The van der Waals surface area contributed by atoms with Gasteiger partial charge in [0.25, 0.3) is 0 Å². The second-order valence-electron chi connectivity index (χ2n) is 7.17. The highest BCUT2D eigenvalue weighted by Crippen LogP contribution is 2.20. The van der Waals surface area contributed by atoms with Crippen LogP contribution in [-0.2, 0) is 20.8 Å². The van der Waals surface area contributed by atoms with Gasteiger partial charge >= 0.3 is 12.1 Å². The van der Waals surface area contributed by atoms with Gasteiger partial charge in [-0.15, -0.1) is 0 Å². The number of carbonyl (C=O) groups is 2. The van der Waals surface area contributed by atoms with Crippen LogP contribution in [0.4, 0.5) is 4.79 Å². The minimum atomic E-state index is -0.556. The highest BCUT2D eigenvalue weighted by molar-refractivity contribution is 5.90. The normalized spacial score (nSPS) is 14.8. The van der Waals surface area contributed by atoms with Crippen molar-refractivity contribution in [3.05, 3.63) is 47.2 Å². The molecule has 0 aliphatic carbocycles. The van der Waals surface area contributed by atoms with Crippen LogP contribution in [0.3, 0.4) is 0 Å². The lowest BCUT2D eigenvalue weighted by Gasteiger charge is -2.32. The van der Waals surface area contributed by atoms with E-state index in [4.69, 9.17) is 9.47 Å². The first-order valence-electron chi connectivity index (χ1n) is 8.95. The number of esters is 1. The molecule has 1 N–H and O–H groups in total. The topological polar surface area (TPSA) is 67.9 Å². The minimum absolute atomic E-state index is 0.301. The van der Waals surface area contributed by atoms with Gasteiger partial charge in [-0.25, -0.2) is 9.59 Å². The molecule has 142 valence electrons. The fourth-order valence-electron chi connectivity index (χ4n) is 2.66. The summed E-state index contributed by atoms with van der Waals surface area (Å²) < 4.78 is 10.6. The molecule has 1 aliphatic heterocycles. The third-order valence-corrected chi connectivity index (χ3v) is 3.87. The number of amides is 1. The van der Waals surface area contributed by atoms with Crippen molar-refractivity contribution in [3.63, 3.8) is 0 Å². The molecule has 6 nitrogen and oxygen atoms in total. The maximum absolute atomic E-state index is 12.4. The number of nitrogens with one attached hydrogen (secondary N) is 1. The standard InChI is InChI=1S/C20H28N2O4/c1-5-25-18(23)16-11-12-22(19(24)26-20(2,3)4)14-17(16)21-13-15-9-7-6-8-10-15/h6-10,21H,5,11-14H2,1-4H3. The SMILES string of the molecule is CCOC(=O)C1=C(NCc2ccccc2)CN(C(=O)OC(C)(C)C)CC1. The van der Waals surface area contributed by atoms with E-state index in [1.807, 2.05) is 51.1 Å². The molecule has 0 atom stereocenters. The Balaban J connectivity index is 2.14. The van der Waals surface area contributed by atoms with E-state index >= 15 is 0 Å². The van der Waals surface area contributed by atoms with Crippen LogP contribution in [-0.4, -0.2) is 42.3 Å². The van der Waals surface area contributed by atoms with Crippen LogP contribution < -0.4 is 5.32 Å². The Morgan fingerprint density at radius 2 is 1.88 bits per heavy atom. The molecule has 0 radical (unpaired) electrons. The Kier molecular flexibility index (Phi) is 6.66. The largest absolute Gasteiger partial charge is 0.463 e. The predicted octanol–water partition coefficient (Wildman–Crippen LogP) is 3.23. The number of hydrogen-bond acceptors (Lipinski definition) is 5. The average Bonchev–Trinajstić information content (AvgIpc) is 2.59. The number of rotatable bonds is 5. The van der Waals surface area contributed by atoms with Gasteiger partial charge in [0.05, 0.1) is 18.7 Å². The third kappa shape index (κ3) is 5.79. The van der Waals surface area contributed by atoms with E-state index < -0.39 is 5.60 Å². The van der Waals surface area contributed by atoms with Gasteiger partial charge in [0, 0.05) is 18.8 Å². The molecule has 0 spiro atoms. The van der Waals surface area contributed by atoms with Crippen LogP contribution in [0.15, 0.2) is 41.6 Å². The van der Waals surface area contributed by atoms with E-state index in [2.05, 4.69) is 5.32 Å². The zero-order valence-corrected chi connectivity index (χ0v) is 16.0. The lowest BCUT2D eigenvalue weighted by molar-refractivity contribution is -0.139. The number of nitrogens with zero attached hydrogens (tertiary/aromatic N) is 1. The van der Waals surface area contributed by atoms with E-state index in [0.29, 0.717) is 43.9 Å². The van der Waals surface area contributed by atoms with Crippen molar-refractivity contribution < 1.29 is 19.1 Å². The molecular formula is C20H28N2O4. The summed E-state index contributed by atoms with van der Waals surface area (Å²) in [7, 11) is 0. The minimum Gasteiger partial charge on any atom is -0.463 e. The van der Waals surface area contributed by atoms with Crippen LogP contribution in [0.5, 0.6) is 0 Å². The highest BCUT2D eigenvalue weighted by atomic mass is 16.6. The summed E-state index contributed by atoms with van der Waals surface area (Å²) in [4.78, 5) is 26.3. The molecular weight excluding hydrogens is 332 g/mol. The summed E-state index contributed by atoms with van der Waals surface area (Å²) >= 11 is 0. The fraction of sp³-hybridized carbons (Fsp3) is 0.500. The maximum Gasteiger partial charge on any atom is 0.410 e. The molecule has 0 aromatic heterocycles. The molecule has 1 aromatic carbocycles. The number of hydrogen-bond donors (Lipinski definition) is 1. The van der Waals surface area contributed by atoms with Crippen molar-refractivity contribution >= 4 is 12.1 Å². The van der Waals surface area contributed by atoms with Crippen LogP contribution >= 0.6 is 0 Å². The molecule has 0 fully saturated rings. The van der Waals surface area contributed by atoms with Crippen molar-refractivity contribution in [3.8, 4) is 0 Å². The van der Waals surface area contributed by atoms with Crippen molar-refractivity contribution in [1.82, 2.24) is 10.2 Å². The second kappa shape index (κ2) is 8.74. The molecule has 0 saturated carbocycles. The first-order chi connectivity index (χ1) is 12.3. The summed E-state index contributed by atoms with van der Waals surface area (Å²) in [6.07, 6.45) is 0.0641. The molecule has 0 saturated heterocycles. The van der Waals surface area contributed by atoms with Crippen LogP contribution in [0, 0.1) is 0 Å². The van der Waals surface area contributed by atoms with Gasteiger partial charge in [-0.05, 0) is 39.7 Å². The molecule has 1 aliphatic rings. The Hall–Kier alpha value is -2.50. The summed E-state index contributed by atoms with van der Waals surface area (Å²) in [5.74, 6) is -0.327. The van der Waals surface area contributed by atoms with Gasteiger partial charge < -0.3 is 19.7 Å². The van der Waals surface area contributed by atoms with Crippen LogP contribution in [0.1, 0.15) is 39.7 Å². The van der Waals surface area contributed by atoms with Crippen molar-refractivity contribution in [2.45, 2.75) is 46.3 Å². The fourth-order valence-corrected chi connectivity index (χ4v) is 2.66. The summed E-state index contributed by atoms with van der Waals surface area (Å²) in [5.41, 5.74) is 1.85. The first kappa shape index (κ1) is 19.8. The molecule has 1 heterocycles. The van der Waals surface area contributed by atoms with Crippen molar-refractivity contribution in [2.75, 3.05) is 19.7 Å². The highest BCUT2D eigenvalue weighted by Gasteiger charge is 2.29. The molecule has 6 heteroatoms. The molecule has 1 aromatic rings. The summed E-state index contributed by atoms with van der Waals surface area (Å²) in [6, 6.07) is 9.90. The van der Waals surface area contributed by atoms with Gasteiger partial charge in [-0.2, -0.15) is 0 Å². The zero-order chi connectivity index (χ0) is 19.2. The lowest BCUT2D eigenvalue weighted by Crippen LogP contribution is -2.44. The first-order valence-corrected chi connectivity index (χ1v) is 8.95. The van der Waals surface area contributed by atoms with E-state index in [-0.39, 0.29) is 12.1 Å². The summed E-state index contributed by atoms with van der Waals surface area (Å²) in [5, 5.41) is 3.30. The summed E-state index contributed by atoms with van der Waals surface area (Å²) in [6.45, 7) is 8.92. The molecule has 0 bridgehead atoms. The average molecular weight is 360 g/mol. The van der Waals surface area contributed by atoms with Gasteiger partial charge in [-0.3, -0.25) is 0 Å². The van der Waals surface area contributed by atoms with Gasteiger partial charge in [-0.1, -0.05) is 30.3 Å². The lowest BCUT2D eigenvalue weighted by atomic mass is 10.0. The Bertz CT molecular complexity index is 662. The van der Waals surface area contributed by atoms with Crippen LogP contribution in [0.25, 0.3) is 0 Å². The Morgan fingerprint density at radius 1 is 1.19 bits per heavy atom. The number of carbonyl (C=O) groups excluding carboxylic acids is 2. The molecule has 0 unspecified atom stereocenters. The molecule has 1 amide bonds. The van der Waals surface area contributed by atoms with Gasteiger partial charge in [0.2, 0.25) is 0 Å². The predicted molar refractivity (Wildman–Crippen MR) is 99.4 cm³/mol. The number of benzene rings is 1. The van der Waals surface area contributed by atoms with Crippen molar-refractivity contribution in [1.29, 1.82) is 0 Å². The Morgan fingerprint density at radius 3 is 2.50 bits per heavy atom. The smallest absolute Gasteiger partial charge is 0.410 e. The monoisotopic (exact) mass is 360 g/mol. The van der Waals surface area contributed by atoms with Gasteiger partial charge in [0.15, 0.2) is 0 Å². The van der Waals surface area contributed by atoms with Gasteiger partial charge in [0.1, 0.15) is 5.60 Å². The third-order valence-electron chi connectivity index (χ3n) is 3.87. The second-order valence-corrected chi connectivity index (χ2v) is 7.17. The van der Waals surface area contributed by atoms with E-state index in [9.17, 15) is 9.59 Å². The van der Waals surface area contributed by atoms with E-state index in [1.165, 1.54) is 0 Å². The zero-order valence-electron chi connectivity index (χ0n) is 16.0. The molecule has 26 heavy (non-hydrogen) atoms. The quantitative estimate of drug-likeness (QED) is 0.817. The van der Waals surface area contributed by atoms with Crippen LogP contribution in [0.2, 0.25) is 0 Å². The molecule has 2 rings (SSSR count). The van der Waals surface area contributed by atoms with E-state index in [0.717, 1.165) is 5.56 Å². The maximum atomic E-state index is 12.4. The Labute approximate surface area is 155 Å². The van der Waals surface area contributed by atoms with Crippen molar-refractivity contribution in [2.24, 2.45) is 0 Å². The number of ether oxygens (including phenoxy) is 2.